The third kappa shape index (κ3) is 53.1. The Labute approximate surface area is 496 Å². The molecule has 20 heteroatoms. The fourth-order valence-corrected chi connectivity index (χ4v) is 8.70. The molecule has 476 valence electrons. The summed E-state index contributed by atoms with van der Waals surface area (Å²) < 4.78 is 45.3. The van der Waals surface area contributed by atoms with Crippen LogP contribution in [0.2, 0.25) is 0 Å². The van der Waals surface area contributed by atoms with E-state index in [-0.39, 0.29) is 37.6 Å². The van der Waals surface area contributed by atoms with E-state index in [1.165, 1.54) is 0 Å². The molecule has 0 aromatic carbocycles. The Kier molecular flexibility index (Phi) is 55.3. The van der Waals surface area contributed by atoms with Crippen molar-refractivity contribution in [2.24, 2.45) is 0 Å². The molecule has 6 N–H and O–H groups in total. The van der Waals surface area contributed by atoms with E-state index in [0.29, 0.717) is 38.5 Å². The van der Waals surface area contributed by atoms with Crippen molar-refractivity contribution in [3.63, 3.8) is 0 Å². The van der Waals surface area contributed by atoms with E-state index in [1.807, 2.05) is 75.5 Å². The lowest BCUT2D eigenvalue weighted by molar-refractivity contribution is -0.266. The number of aliphatic hydroxyl groups is 3. The molecule has 3 unspecified atom stereocenters. The standard InChI is InChI=1S/C63H105O19P/c1-4-58(80-70)43-37-31-25-19-13-7-10-16-22-28-34-40-46-61(67)74-49-55(64)52-77-83(73,78-53-56(65)50-75-62(68)47-41-35-29-23-17-11-8-14-20-26-32-38-44-59(5-2)81-71)79-54-57(66)51-76-63(69)48-42-36-30-24-18-12-9-15-21-27-33-39-45-60(6-3)82-72/h7-9,13-15,25-27,31-33,37-39,43-45,55-60,64-66,70-72H,4-6,10-12,16-24,28-30,34-36,40-42,46-54H2,1-3H3/b13-7+,14-8+,15-9+,31-25+,32-26+,33-27+,43-37+,44-38+,45-39+/t55-,56-,57-,58?,59?,60?,83?/m0/s1. The van der Waals surface area contributed by atoms with Crippen molar-refractivity contribution in [1.29, 1.82) is 0 Å². The van der Waals surface area contributed by atoms with Crippen LogP contribution in [0.3, 0.4) is 0 Å². The number of allylic oxidation sites excluding steroid dienone is 15. The van der Waals surface area contributed by atoms with Crippen LogP contribution in [0.15, 0.2) is 109 Å². The molecule has 0 aliphatic carbocycles. The summed E-state index contributed by atoms with van der Waals surface area (Å²) in [6.07, 6.45) is 51.2. The van der Waals surface area contributed by atoms with Crippen LogP contribution in [-0.2, 0) is 61.4 Å². The minimum absolute atomic E-state index is 0.150. The van der Waals surface area contributed by atoms with Gasteiger partial charge in [0.05, 0.1) is 19.8 Å². The van der Waals surface area contributed by atoms with Crippen molar-refractivity contribution >= 4 is 25.7 Å². The zero-order valence-electron chi connectivity index (χ0n) is 50.1. The van der Waals surface area contributed by atoms with Crippen molar-refractivity contribution in [1.82, 2.24) is 0 Å². The highest BCUT2D eigenvalue weighted by molar-refractivity contribution is 7.48. The highest BCUT2D eigenvalue weighted by Gasteiger charge is 2.31. The van der Waals surface area contributed by atoms with Crippen molar-refractivity contribution in [2.75, 3.05) is 39.6 Å². The fourth-order valence-electron chi connectivity index (χ4n) is 7.41. The van der Waals surface area contributed by atoms with E-state index >= 15 is 0 Å². The van der Waals surface area contributed by atoms with Gasteiger partial charge in [-0.1, -0.05) is 188 Å². The molecule has 6 atom stereocenters. The number of carbonyl (C=O) groups is 3. The van der Waals surface area contributed by atoms with Gasteiger partial charge in [0.1, 0.15) is 56.4 Å². The first kappa shape index (κ1) is 78.8. The van der Waals surface area contributed by atoms with Crippen LogP contribution in [0.4, 0.5) is 0 Å². The van der Waals surface area contributed by atoms with Gasteiger partial charge in [0.15, 0.2) is 0 Å². The largest absolute Gasteiger partial charge is 0.475 e. The zero-order chi connectivity index (χ0) is 61.1. The number of hydrogen-bond acceptors (Lipinski definition) is 19. The molecule has 0 amide bonds. The topological polar surface area (TPSA) is 273 Å². The third-order valence-electron chi connectivity index (χ3n) is 12.5. The molecule has 19 nitrogen and oxygen atoms in total. The second-order valence-corrected chi connectivity index (χ2v) is 21.7. The zero-order valence-corrected chi connectivity index (χ0v) is 51.0. The van der Waals surface area contributed by atoms with Crippen LogP contribution in [0.25, 0.3) is 0 Å². The number of rotatable bonds is 57. The van der Waals surface area contributed by atoms with Gasteiger partial charge < -0.3 is 29.5 Å². The lowest BCUT2D eigenvalue weighted by Crippen LogP contribution is -2.27. The van der Waals surface area contributed by atoms with Gasteiger partial charge in [-0.05, 0) is 96.3 Å². The van der Waals surface area contributed by atoms with Crippen LogP contribution < -0.4 is 0 Å². The molecular weight excluding hydrogens is 1090 g/mol. The van der Waals surface area contributed by atoms with Gasteiger partial charge in [0, 0.05) is 19.3 Å². The number of phosphoric ester groups is 1. The first-order chi connectivity index (χ1) is 40.3. The van der Waals surface area contributed by atoms with Crippen LogP contribution in [0, 0.1) is 0 Å². The summed E-state index contributed by atoms with van der Waals surface area (Å²) in [6, 6.07) is 0. The lowest BCUT2D eigenvalue weighted by Gasteiger charge is -2.22. The number of unbranched alkanes of at least 4 members (excludes halogenated alkanes) is 15. The van der Waals surface area contributed by atoms with E-state index in [4.69, 9.17) is 43.6 Å². The van der Waals surface area contributed by atoms with E-state index in [1.54, 1.807) is 18.2 Å². The van der Waals surface area contributed by atoms with Crippen molar-refractivity contribution in [3.8, 4) is 0 Å². The summed E-state index contributed by atoms with van der Waals surface area (Å²) >= 11 is 0. The Bertz CT molecular complexity index is 1670. The predicted octanol–water partition coefficient (Wildman–Crippen LogP) is 14.0. The third-order valence-corrected chi connectivity index (χ3v) is 13.9. The molecule has 83 heavy (non-hydrogen) atoms. The maximum absolute atomic E-state index is 13.7. The number of ether oxygens (including phenoxy) is 3. The highest BCUT2D eigenvalue weighted by Crippen LogP contribution is 2.49. The summed E-state index contributed by atoms with van der Waals surface area (Å²) in [5, 5.41) is 57.9. The van der Waals surface area contributed by atoms with Gasteiger partial charge in [-0.2, -0.15) is 0 Å². The van der Waals surface area contributed by atoms with E-state index in [2.05, 4.69) is 51.1 Å². The van der Waals surface area contributed by atoms with Gasteiger partial charge in [0.25, 0.3) is 0 Å². The number of phosphoric acid groups is 1. The van der Waals surface area contributed by atoms with Gasteiger partial charge in [-0.25, -0.2) is 19.2 Å². The minimum atomic E-state index is -4.63. The maximum atomic E-state index is 13.7. The molecule has 0 aliphatic rings. The summed E-state index contributed by atoms with van der Waals surface area (Å²) in [6.45, 7) is 2.33. The van der Waals surface area contributed by atoms with Crippen LogP contribution in [0.1, 0.15) is 194 Å². The summed E-state index contributed by atoms with van der Waals surface area (Å²) in [5.41, 5.74) is 0. The monoisotopic (exact) mass is 1200 g/mol. The number of esters is 3. The molecule has 0 rings (SSSR count). The second kappa shape index (κ2) is 58.2. The average Bonchev–Trinajstić information content (AvgIpc) is 3.54. The maximum Gasteiger partial charge on any atom is 0.475 e. The van der Waals surface area contributed by atoms with E-state index < -0.39 is 83.7 Å². The van der Waals surface area contributed by atoms with Crippen LogP contribution in [-0.4, -0.2) is 125 Å². The molecule has 0 aromatic rings. The van der Waals surface area contributed by atoms with E-state index in [9.17, 15) is 34.3 Å². The molecule has 0 spiro atoms. The molecule has 0 radical (unpaired) electrons. The average molecular weight is 1200 g/mol. The number of hydrogen-bond donors (Lipinski definition) is 6. The Morgan fingerprint density at radius 2 is 0.627 bits per heavy atom. The van der Waals surface area contributed by atoms with Crippen molar-refractivity contribution in [3.05, 3.63) is 109 Å². The summed E-state index contributed by atoms with van der Waals surface area (Å²) in [7, 11) is -4.63. The highest BCUT2D eigenvalue weighted by atomic mass is 31.2. The molecule has 0 aliphatic heterocycles. The Morgan fingerprint density at radius 1 is 0.361 bits per heavy atom. The quantitative estimate of drug-likeness (QED) is 0.00483. The summed E-state index contributed by atoms with van der Waals surface area (Å²) in [5.74, 6) is -1.56. The van der Waals surface area contributed by atoms with Crippen molar-refractivity contribution < 1.29 is 92.5 Å². The van der Waals surface area contributed by atoms with Gasteiger partial charge >= 0.3 is 25.7 Å². The normalized spacial score (nSPS) is 15.5. The summed E-state index contributed by atoms with van der Waals surface area (Å²) in [4.78, 5) is 50.2. The number of aliphatic hydroxyl groups excluding tert-OH is 3. The van der Waals surface area contributed by atoms with Gasteiger partial charge in [-0.3, -0.25) is 43.7 Å². The van der Waals surface area contributed by atoms with Crippen LogP contribution in [0.5, 0.6) is 0 Å². The fraction of sp³-hybridized carbons (Fsp3) is 0.667. The van der Waals surface area contributed by atoms with Crippen molar-refractivity contribution in [2.45, 2.75) is 231 Å². The van der Waals surface area contributed by atoms with Gasteiger partial charge in [0.2, 0.25) is 0 Å². The lowest BCUT2D eigenvalue weighted by atomic mass is 10.1. The number of carbonyl (C=O) groups excluding carboxylic acids is 3. The SMILES string of the molecule is CCC(/C=C/C=C/C/C=C/CCCCCCCC(=O)OC[C@H](O)COP(=O)(OC[C@@H](O)COC(=O)CCCCCCC/C=C/C/C=C/C=C/C(CC)OO)OC[C@@H](O)COC(=O)CCCCCCC/C=C/C/C=C/C=C/C(CC)OO)OO. The molecule has 0 bridgehead atoms. The first-order valence-corrected chi connectivity index (χ1v) is 31.7. The molecule has 0 fully saturated rings. The smallest absolute Gasteiger partial charge is 0.463 e. The van der Waals surface area contributed by atoms with Crippen LogP contribution >= 0.6 is 7.82 Å². The molecule has 0 heterocycles. The molecule has 0 aromatic heterocycles. The minimum Gasteiger partial charge on any atom is -0.463 e. The molecule has 0 saturated carbocycles. The Hall–Kier alpha value is -4.18. The van der Waals surface area contributed by atoms with E-state index in [0.717, 1.165) is 116 Å². The Balaban J connectivity index is 4.84. The van der Waals surface area contributed by atoms with Gasteiger partial charge in [-0.15, -0.1) is 0 Å². The molecule has 0 saturated heterocycles. The Morgan fingerprint density at radius 3 is 0.892 bits per heavy atom. The predicted molar refractivity (Wildman–Crippen MR) is 323 cm³/mol. The second-order valence-electron chi connectivity index (χ2n) is 20.0. The first-order valence-electron chi connectivity index (χ1n) is 30.2. The molecular formula is C63H105O19P.